The van der Waals surface area contributed by atoms with E-state index in [0.717, 1.165) is 0 Å². The Bertz CT molecular complexity index is 732. The van der Waals surface area contributed by atoms with E-state index in [9.17, 15) is 18.0 Å². The Labute approximate surface area is 147 Å². The van der Waals surface area contributed by atoms with Crippen LogP contribution in [0.1, 0.15) is 38.7 Å². The number of aromatic nitrogens is 3. The number of urea groups is 1. The van der Waals surface area contributed by atoms with Gasteiger partial charge in [0.15, 0.2) is 5.82 Å². The van der Waals surface area contributed by atoms with E-state index >= 15 is 0 Å². The van der Waals surface area contributed by atoms with Gasteiger partial charge in [0.2, 0.25) is 0 Å². The third-order valence-electron chi connectivity index (χ3n) is 3.22. The zero-order chi connectivity index (χ0) is 18.6. The molecule has 25 heavy (non-hydrogen) atoms. The van der Waals surface area contributed by atoms with E-state index in [-0.39, 0.29) is 28.4 Å². The quantitative estimate of drug-likeness (QED) is 0.764. The van der Waals surface area contributed by atoms with Gasteiger partial charge in [-0.05, 0) is 50.7 Å². The van der Waals surface area contributed by atoms with E-state index in [4.69, 9.17) is 0 Å². The molecule has 1 aromatic carbocycles. The summed E-state index contributed by atoms with van der Waals surface area (Å²) in [5.41, 5.74) is -4.11. The van der Waals surface area contributed by atoms with Gasteiger partial charge in [-0.2, -0.15) is 13.2 Å². The van der Waals surface area contributed by atoms with Crippen LogP contribution in [0.4, 0.5) is 23.7 Å². The summed E-state index contributed by atoms with van der Waals surface area (Å²) in [5.74, 6) is 0.589. The molecule has 0 radical (unpaired) electrons. The molecule has 1 atom stereocenters. The van der Waals surface area contributed by atoms with Crippen molar-refractivity contribution in [1.82, 2.24) is 20.1 Å². The van der Waals surface area contributed by atoms with Crippen LogP contribution in [0.2, 0.25) is 0 Å². The van der Waals surface area contributed by atoms with Crippen LogP contribution >= 0.6 is 11.8 Å². The molecule has 136 valence electrons. The van der Waals surface area contributed by atoms with Gasteiger partial charge in [-0.3, -0.25) is 0 Å². The number of benzene rings is 1. The maximum Gasteiger partial charge on any atom is 0.446 e. The summed E-state index contributed by atoms with van der Waals surface area (Å²) in [7, 11) is 0. The smallest absolute Gasteiger partial charge is 0.328 e. The second kappa shape index (κ2) is 7.77. The molecule has 6 nitrogen and oxygen atoms in total. The zero-order valence-corrected chi connectivity index (χ0v) is 14.6. The second-order valence-corrected chi connectivity index (χ2v) is 6.72. The van der Waals surface area contributed by atoms with Gasteiger partial charge in [0, 0.05) is 16.6 Å². The van der Waals surface area contributed by atoms with Crippen molar-refractivity contribution in [3.05, 3.63) is 36.4 Å². The molecule has 0 bridgehead atoms. The Balaban J connectivity index is 2.00. The fraction of sp³-hybridized carbons (Fsp3) is 0.400. The van der Waals surface area contributed by atoms with Crippen molar-refractivity contribution in [1.29, 1.82) is 0 Å². The van der Waals surface area contributed by atoms with E-state index in [2.05, 4.69) is 20.8 Å². The minimum atomic E-state index is -4.38. The van der Waals surface area contributed by atoms with Gasteiger partial charge >= 0.3 is 11.5 Å². The molecule has 0 aliphatic heterocycles. The summed E-state index contributed by atoms with van der Waals surface area (Å²) in [5, 5.41) is 13.0. The molecule has 2 aromatic rings. The topological polar surface area (TPSA) is 71.8 Å². The van der Waals surface area contributed by atoms with Gasteiger partial charge < -0.3 is 15.2 Å². The van der Waals surface area contributed by atoms with Crippen LogP contribution in [-0.2, 0) is 0 Å². The lowest BCUT2D eigenvalue weighted by molar-refractivity contribution is -0.0328. The van der Waals surface area contributed by atoms with Gasteiger partial charge in [0.1, 0.15) is 6.33 Å². The fourth-order valence-corrected chi connectivity index (χ4v) is 2.76. The Hall–Kier alpha value is -2.23. The number of amides is 2. The number of carbonyl (C=O) groups excluding carboxylic acids is 1. The van der Waals surface area contributed by atoms with Crippen LogP contribution in [0, 0.1) is 0 Å². The van der Waals surface area contributed by atoms with Crippen LogP contribution in [0.3, 0.4) is 0 Å². The number of nitrogens with zero attached hydrogens (tertiary/aromatic N) is 3. The van der Waals surface area contributed by atoms with Crippen molar-refractivity contribution >= 4 is 23.5 Å². The van der Waals surface area contributed by atoms with Gasteiger partial charge in [-0.1, -0.05) is 6.07 Å². The van der Waals surface area contributed by atoms with Gasteiger partial charge in [-0.25, -0.2) is 4.79 Å². The summed E-state index contributed by atoms with van der Waals surface area (Å²) in [4.78, 5) is 12.1. The van der Waals surface area contributed by atoms with Crippen molar-refractivity contribution in [2.24, 2.45) is 0 Å². The average molecular weight is 373 g/mol. The highest BCUT2D eigenvalue weighted by Gasteiger charge is 2.29. The average Bonchev–Trinajstić information content (AvgIpc) is 2.95. The van der Waals surface area contributed by atoms with Crippen molar-refractivity contribution in [2.45, 2.75) is 43.3 Å². The molecule has 1 aromatic heterocycles. The van der Waals surface area contributed by atoms with Crippen molar-refractivity contribution in [3.8, 4) is 0 Å². The Morgan fingerprint density at radius 1 is 1.28 bits per heavy atom. The molecular weight excluding hydrogens is 355 g/mol. The third-order valence-corrected chi connectivity index (χ3v) is 3.94. The minimum Gasteiger partial charge on any atom is -0.328 e. The van der Waals surface area contributed by atoms with Crippen LogP contribution in [0.25, 0.3) is 0 Å². The molecule has 0 saturated heterocycles. The van der Waals surface area contributed by atoms with Crippen LogP contribution < -0.4 is 10.6 Å². The maximum absolute atomic E-state index is 12.4. The second-order valence-electron chi connectivity index (χ2n) is 5.59. The molecule has 0 fully saturated rings. The molecule has 2 amide bonds. The lowest BCUT2D eigenvalue weighted by Crippen LogP contribution is -2.32. The predicted octanol–water partition coefficient (Wildman–Crippen LogP) is 4.35. The summed E-state index contributed by atoms with van der Waals surface area (Å²) < 4.78 is 39.1. The lowest BCUT2D eigenvalue weighted by Gasteiger charge is -2.17. The number of halogens is 3. The molecule has 0 saturated carbocycles. The molecule has 2 rings (SSSR count). The highest BCUT2D eigenvalue weighted by atomic mass is 32.2. The molecule has 0 aliphatic rings. The molecule has 2 N–H and O–H groups in total. The summed E-state index contributed by atoms with van der Waals surface area (Å²) >= 11 is -0.234. The first-order chi connectivity index (χ1) is 11.7. The van der Waals surface area contributed by atoms with Crippen molar-refractivity contribution in [3.63, 3.8) is 0 Å². The summed E-state index contributed by atoms with van der Waals surface area (Å²) in [6.45, 7) is 5.67. The van der Waals surface area contributed by atoms with E-state index in [1.165, 1.54) is 24.3 Å². The third kappa shape index (κ3) is 5.66. The SMILES string of the molecule is CC(NC(=O)Nc1cccc(SC(F)(F)F)c1)c1nncn1C(C)C. The first-order valence-electron chi connectivity index (χ1n) is 7.48. The number of hydrogen-bond acceptors (Lipinski definition) is 4. The summed E-state index contributed by atoms with van der Waals surface area (Å²) in [6, 6.07) is 4.73. The molecular formula is C15H18F3N5OS. The van der Waals surface area contributed by atoms with E-state index < -0.39 is 17.6 Å². The zero-order valence-electron chi connectivity index (χ0n) is 13.8. The van der Waals surface area contributed by atoms with Crippen LogP contribution in [0.5, 0.6) is 0 Å². The highest BCUT2D eigenvalue weighted by molar-refractivity contribution is 8.00. The normalized spacial score (nSPS) is 12.9. The largest absolute Gasteiger partial charge is 0.446 e. The molecule has 10 heteroatoms. The molecule has 0 aliphatic carbocycles. The summed E-state index contributed by atoms with van der Waals surface area (Å²) in [6.07, 6.45) is 1.58. The highest BCUT2D eigenvalue weighted by Crippen LogP contribution is 2.37. The number of thioether (sulfide) groups is 1. The molecule has 1 unspecified atom stereocenters. The van der Waals surface area contributed by atoms with Gasteiger partial charge in [0.25, 0.3) is 0 Å². The van der Waals surface area contributed by atoms with Gasteiger partial charge in [0.05, 0.1) is 6.04 Å². The van der Waals surface area contributed by atoms with Crippen LogP contribution in [0.15, 0.2) is 35.5 Å². The van der Waals surface area contributed by atoms with E-state index in [0.29, 0.717) is 5.82 Å². The first kappa shape index (κ1) is 19.1. The minimum absolute atomic E-state index is 0.00195. The standard InChI is InChI=1S/C15H18F3N5OS/c1-9(2)23-8-19-22-13(23)10(3)20-14(24)21-11-5-4-6-12(7-11)25-15(16,17)18/h4-10H,1-3H3,(H2,20,21,24). The number of rotatable bonds is 5. The fourth-order valence-electron chi connectivity index (χ4n) is 2.16. The maximum atomic E-state index is 12.4. The Kier molecular flexibility index (Phi) is 5.93. The Morgan fingerprint density at radius 3 is 2.64 bits per heavy atom. The molecule has 1 heterocycles. The Morgan fingerprint density at radius 2 is 2.00 bits per heavy atom. The number of alkyl halides is 3. The predicted molar refractivity (Wildman–Crippen MR) is 89.3 cm³/mol. The number of anilines is 1. The van der Waals surface area contributed by atoms with E-state index in [1.807, 2.05) is 18.4 Å². The number of nitrogens with one attached hydrogen (secondary N) is 2. The first-order valence-corrected chi connectivity index (χ1v) is 8.30. The van der Waals surface area contributed by atoms with Crippen LogP contribution in [-0.4, -0.2) is 26.3 Å². The number of carbonyl (C=O) groups is 1. The number of hydrogen-bond donors (Lipinski definition) is 2. The van der Waals surface area contributed by atoms with E-state index in [1.54, 1.807) is 13.3 Å². The monoisotopic (exact) mass is 373 g/mol. The van der Waals surface area contributed by atoms with Crippen molar-refractivity contribution < 1.29 is 18.0 Å². The molecule has 0 spiro atoms. The lowest BCUT2D eigenvalue weighted by atomic mass is 10.3. The van der Waals surface area contributed by atoms with Gasteiger partial charge in [-0.15, -0.1) is 10.2 Å². The van der Waals surface area contributed by atoms with Crippen molar-refractivity contribution in [2.75, 3.05) is 5.32 Å².